The average Bonchev–Trinajstić information content (AvgIpc) is 3.08. The number of anilines is 1. The van der Waals surface area contributed by atoms with Gasteiger partial charge in [0.05, 0.1) is 11.4 Å². The Balaban J connectivity index is 0.00000146. The van der Waals surface area contributed by atoms with Gasteiger partial charge in [0.1, 0.15) is 17.8 Å². The number of hydrogen-bond donors (Lipinski definition) is 3. The van der Waals surface area contributed by atoms with Crippen LogP contribution in [-0.2, 0) is 0 Å². The van der Waals surface area contributed by atoms with Crippen LogP contribution in [0.3, 0.4) is 0 Å². The Morgan fingerprint density at radius 1 is 1.17 bits per heavy atom. The fourth-order valence-corrected chi connectivity index (χ4v) is 3.28. The first-order valence-electron chi connectivity index (χ1n) is 7.71. The number of para-hydroxylation sites is 1. The van der Waals surface area contributed by atoms with Crippen molar-refractivity contribution in [3.8, 4) is 11.3 Å². The van der Waals surface area contributed by atoms with Gasteiger partial charge in [0, 0.05) is 41.4 Å². The number of halogens is 1. The number of aromatic nitrogens is 4. The summed E-state index contributed by atoms with van der Waals surface area (Å²) in [4.78, 5) is 12.1. The van der Waals surface area contributed by atoms with Gasteiger partial charge in [-0.15, -0.1) is 12.4 Å². The lowest BCUT2D eigenvalue weighted by Crippen LogP contribution is -2.43. The maximum atomic E-state index is 6.17. The number of nitrogens with two attached hydrogens (primary N) is 1. The number of hydrogen-bond acceptors (Lipinski definition) is 4. The van der Waals surface area contributed by atoms with Crippen molar-refractivity contribution in [3.05, 3.63) is 42.9 Å². The molecule has 0 saturated carbocycles. The van der Waals surface area contributed by atoms with E-state index in [4.69, 9.17) is 5.73 Å². The molecule has 3 aromatic heterocycles. The number of nitrogen functional groups attached to an aromatic ring is 1. The summed E-state index contributed by atoms with van der Waals surface area (Å²) in [6.45, 7) is 1.92. The molecule has 24 heavy (non-hydrogen) atoms. The quantitative estimate of drug-likeness (QED) is 0.524. The summed E-state index contributed by atoms with van der Waals surface area (Å²) in [6.07, 6.45) is 3.68. The molecular formula is C17H17ClN6. The Labute approximate surface area is 144 Å². The molecule has 6 nitrogen and oxygen atoms in total. The smallest absolute Gasteiger partial charge is 0.146 e. The van der Waals surface area contributed by atoms with Gasteiger partial charge >= 0.3 is 0 Å². The second kappa shape index (κ2) is 5.51. The van der Waals surface area contributed by atoms with E-state index in [9.17, 15) is 0 Å². The second-order valence-electron chi connectivity index (χ2n) is 5.99. The number of H-pyrrole nitrogens is 1. The minimum absolute atomic E-state index is 0. The lowest BCUT2D eigenvalue weighted by molar-refractivity contribution is 0.350. The fourth-order valence-electron chi connectivity index (χ4n) is 3.28. The molecule has 0 radical (unpaired) electrons. The highest BCUT2D eigenvalue weighted by atomic mass is 35.5. The SMILES string of the molecule is Cl.Nc1ncnc2c1c(-c1cc3ccccc3[nH]1)cn2C1CNC1. The predicted molar refractivity (Wildman–Crippen MR) is 98.4 cm³/mol. The van der Waals surface area contributed by atoms with Crippen LogP contribution in [0.1, 0.15) is 6.04 Å². The average molecular weight is 341 g/mol. The van der Waals surface area contributed by atoms with E-state index in [0.29, 0.717) is 11.9 Å². The molecule has 0 aliphatic carbocycles. The van der Waals surface area contributed by atoms with E-state index in [-0.39, 0.29) is 12.4 Å². The third kappa shape index (κ3) is 2.07. The van der Waals surface area contributed by atoms with Gasteiger partial charge in [0.2, 0.25) is 0 Å². The molecule has 4 heterocycles. The molecule has 4 N–H and O–H groups in total. The number of aromatic amines is 1. The number of fused-ring (bicyclic) bond motifs is 2. The van der Waals surface area contributed by atoms with Crippen LogP contribution < -0.4 is 11.1 Å². The molecule has 0 spiro atoms. The first-order chi connectivity index (χ1) is 11.3. The van der Waals surface area contributed by atoms with Crippen LogP contribution in [0.25, 0.3) is 33.2 Å². The predicted octanol–water partition coefficient (Wildman–Crippen LogP) is 2.73. The molecule has 1 saturated heterocycles. The van der Waals surface area contributed by atoms with Gasteiger partial charge in [-0.1, -0.05) is 18.2 Å². The summed E-state index contributed by atoms with van der Waals surface area (Å²) in [5.74, 6) is 0.523. The first kappa shape index (κ1) is 15.0. The van der Waals surface area contributed by atoms with Gasteiger partial charge in [-0.3, -0.25) is 0 Å². The van der Waals surface area contributed by atoms with Gasteiger partial charge in [-0.25, -0.2) is 9.97 Å². The van der Waals surface area contributed by atoms with Gasteiger partial charge in [0.15, 0.2) is 0 Å². The molecule has 0 amide bonds. The standard InChI is InChI=1S/C17H16N6.ClH/c18-16-15-12(14-5-10-3-1-2-4-13(10)22-14)8-23(11-6-19-7-11)17(15)21-9-20-16;/h1-5,8-9,11,19,22H,6-7H2,(H2,18,20,21);1H. The van der Waals surface area contributed by atoms with Gasteiger partial charge < -0.3 is 20.6 Å². The molecule has 1 aliphatic rings. The molecule has 0 atom stereocenters. The fraction of sp³-hybridized carbons (Fsp3) is 0.176. The molecule has 122 valence electrons. The van der Waals surface area contributed by atoms with Crippen LogP contribution in [0.5, 0.6) is 0 Å². The van der Waals surface area contributed by atoms with Crippen molar-refractivity contribution < 1.29 is 0 Å². The normalized spacial score (nSPS) is 14.7. The number of benzene rings is 1. The van der Waals surface area contributed by atoms with Gasteiger partial charge in [-0.05, 0) is 12.1 Å². The van der Waals surface area contributed by atoms with Crippen LogP contribution in [0.4, 0.5) is 5.82 Å². The minimum atomic E-state index is 0. The molecule has 0 unspecified atom stereocenters. The topological polar surface area (TPSA) is 84.6 Å². The Morgan fingerprint density at radius 3 is 2.75 bits per heavy atom. The van der Waals surface area contributed by atoms with Crippen molar-refractivity contribution >= 4 is 40.2 Å². The van der Waals surface area contributed by atoms with Crippen molar-refractivity contribution in [1.82, 2.24) is 24.8 Å². The monoisotopic (exact) mass is 340 g/mol. The first-order valence-corrected chi connectivity index (χ1v) is 7.71. The highest BCUT2D eigenvalue weighted by Crippen LogP contribution is 2.35. The largest absolute Gasteiger partial charge is 0.383 e. The van der Waals surface area contributed by atoms with Gasteiger partial charge in [0.25, 0.3) is 0 Å². The Hall–Kier alpha value is -2.57. The zero-order valence-corrected chi connectivity index (χ0v) is 13.7. The molecule has 1 fully saturated rings. The van der Waals surface area contributed by atoms with Gasteiger partial charge in [-0.2, -0.15) is 0 Å². The zero-order chi connectivity index (χ0) is 15.4. The minimum Gasteiger partial charge on any atom is -0.383 e. The highest BCUT2D eigenvalue weighted by Gasteiger charge is 2.24. The lowest BCUT2D eigenvalue weighted by atomic mass is 10.1. The van der Waals surface area contributed by atoms with Crippen LogP contribution in [-0.4, -0.2) is 32.6 Å². The van der Waals surface area contributed by atoms with E-state index in [1.807, 2.05) is 12.1 Å². The molecule has 0 bridgehead atoms. The van der Waals surface area contributed by atoms with Crippen molar-refractivity contribution in [3.63, 3.8) is 0 Å². The highest BCUT2D eigenvalue weighted by molar-refractivity contribution is 6.02. The molecule has 7 heteroatoms. The number of nitrogens with zero attached hydrogens (tertiary/aromatic N) is 3. The van der Waals surface area contributed by atoms with Crippen molar-refractivity contribution in [2.24, 2.45) is 0 Å². The summed E-state index contributed by atoms with van der Waals surface area (Å²) >= 11 is 0. The van der Waals surface area contributed by atoms with Crippen molar-refractivity contribution in [2.75, 3.05) is 18.8 Å². The van der Waals surface area contributed by atoms with E-state index in [0.717, 1.165) is 40.9 Å². The second-order valence-corrected chi connectivity index (χ2v) is 5.99. The number of rotatable bonds is 2. The van der Waals surface area contributed by atoms with E-state index in [1.54, 1.807) is 0 Å². The molecule has 1 aliphatic heterocycles. The third-order valence-corrected chi connectivity index (χ3v) is 4.61. The van der Waals surface area contributed by atoms with Crippen LogP contribution in [0.2, 0.25) is 0 Å². The summed E-state index contributed by atoms with van der Waals surface area (Å²) in [5.41, 5.74) is 10.3. The zero-order valence-electron chi connectivity index (χ0n) is 12.9. The van der Waals surface area contributed by atoms with Crippen LogP contribution >= 0.6 is 12.4 Å². The number of nitrogens with one attached hydrogen (secondary N) is 2. The van der Waals surface area contributed by atoms with E-state index >= 15 is 0 Å². The van der Waals surface area contributed by atoms with E-state index < -0.39 is 0 Å². The Morgan fingerprint density at radius 2 is 2.00 bits per heavy atom. The maximum absolute atomic E-state index is 6.17. The summed E-state index contributed by atoms with van der Waals surface area (Å²) < 4.78 is 2.21. The molecule has 1 aromatic carbocycles. The summed E-state index contributed by atoms with van der Waals surface area (Å²) in [7, 11) is 0. The van der Waals surface area contributed by atoms with E-state index in [2.05, 4.69) is 49.2 Å². The summed E-state index contributed by atoms with van der Waals surface area (Å²) in [5, 5.41) is 5.41. The summed E-state index contributed by atoms with van der Waals surface area (Å²) in [6, 6.07) is 10.8. The molecule has 5 rings (SSSR count). The van der Waals surface area contributed by atoms with E-state index in [1.165, 1.54) is 11.7 Å². The third-order valence-electron chi connectivity index (χ3n) is 4.61. The Kier molecular flexibility index (Phi) is 3.44. The maximum Gasteiger partial charge on any atom is 0.146 e. The lowest BCUT2D eigenvalue weighted by Gasteiger charge is -2.28. The van der Waals surface area contributed by atoms with Crippen LogP contribution in [0, 0.1) is 0 Å². The van der Waals surface area contributed by atoms with Crippen molar-refractivity contribution in [1.29, 1.82) is 0 Å². The Bertz CT molecular complexity index is 997. The van der Waals surface area contributed by atoms with Crippen LogP contribution in [0.15, 0.2) is 42.9 Å². The molecular weight excluding hydrogens is 324 g/mol. The molecule has 4 aromatic rings. The van der Waals surface area contributed by atoms with Crippen molar-refractivity contribution in [2.45, 2.75) is 6.04 Å².